The van der Waals surface area contributed by atoms with Crippen molar-refractivity contribution >= 4 is 5.97 Å². The number of carbonyl (C=O) groups is 1. The van der Waals surface area contributed by atoms with Gasteiger partial charge in [0.25, 0.3) is 0 Å². The summed E-state index contributed by atoms with van der Waals surface area (Å²) in [6.07, 6.45) is 8.72. The second kappa shape index (κ2) is 6.75. The molecule has 0 radical (unpaired) electrons. The molecular weight excluding hydrogens is 310 g/mol. The van der Waals surface area contributed by atoms with Crippen molar-refractivity contribution in [2.24, 2.45) is 11.8 Å². The van der Waals surface area contributed by atoms with E-state index in [9.17, 15) is 4.79 Å². The van der Waals surface area contributed by atoms with Crippen molar-refractivity contribution in [1.82, 2.24) is 5.32 Å². The lowest BCUT2D eigenvalue weighted by Gasteiger charge is -2.55. The third kappa shape index (κ3) is 3.01. The van der Waals surface area contributed by atoms with Crippen LogP contribution < -0.4 is 5.32 Å². The van der Waals surface area contributed by atoms with Crippen molar-refractivity contribution in [3.63, 3.8) is 0 Å². The molecule has 1 heterocycles. The average Bonchev–Trinajstić information content (AvgIpc) is 2.89. The molecule has 3 heteroatoms. The SMILES string of the molecule is C[C@]1(OC(=O)C2(c3ccccc3)CCCCCC2)CC2CNCCC21. The van der Waals surface area contributed by atoms with Crippen LogP contribution in [0.2, 0.25) is 0 Å². The fourth-order valence-corrected chi connectivity index (χ4v) is 5.58. The van der Waals surface area contributed by atoms with E-state index in [0.717, 1.165) is 57.2 Å². The standard InChI is InChI=1S/C22H31NO2/c1-21(15-17-16-23-14-11-19(17)21)25-20(24)22(12-7-2-3-8-13-22)18-9-5-4-6-10-18/h4-6,9-10,17,19,23H,2-3,7-8,11-16H2,1H3/t17?,19?,21-/m0/s1. The molecule has 1 N–H and O–H groups in total. The number of piperidine rings is 1. The van der Waals surface area contributed by atoms with Crippen LogP contribution in [0.5, 0.6) is 0 Å². The fourth-order valence-electron chi connectivity index (χ4n) is 5.58. The lowest BCUT2D eigenvalue weighted by atomic mass is 9.59. The van der Waals surface area contributed by atoms with E-state index in [4.69, 9.17) is 4.74 Å². The molecule has 3 atom stereocenters. The van der Waals surface area contributed by atoms with Gasteiger partial charge in [0.15, 0.2) is 0 Å². The van der Waals surface area contributed by atoms with Crippen LogP contribution in [0.25, 0.3) is 0 Å². The lowest BCUT2D eigenvalue weighted by Crippen LogP contribution is -2.61. The Morgan fingerprint density at radius 3 is 2.52 bits per heavy atom. The third-order valence-electron chi connectivity index (χ3n) is 7.06. The number of benzene rings is 1. The van der Waals surface area contributed by atoms with Gasteiger partial charge in [0.05, 0.1) is 5.41 Å². The zero-order chi connectivity index (χ0) is 17.3. The van der Waals surface area contributed by atoms with Crippen molar-refractivity contribution in [1.29, 1.82) is 0 Å². The maximum Gasteiger partial charge on any atom is 0.317 e. The molecule has 3 nitrogen and oxygen atoms in total. The van der Waals surface area contributed by atoms with Crippen molar-refractivity contribution in [3.8, 4) is 0 Å². The summed E-state index contributed by atoms with van der Waals surface area (Å²) in [7, 11) is 0. The number of esters is 1. The predicted octanol–water partition coefficient (Wildman–Crippen LogP) is 4.21. The summed E-state index contributed by atoms with van der Waals surface area (Å²) < 4.78 is 6.33. The van der Waals surface area contributed by atoms with Gasteiger partial charge in [0, 0.05) is 5.92 Å². The van der Waals surface area contributed by atoms with Gasteiger partial charge >= 0.3 is 5.97 Å². The molecule has 0 spiro atoms. The number of ether oxygens (including phenoxy) is 1. The molecule has 0 amide bonds. The molecule has 2 unspecified atom stereocenters. The molecule has 0 aromatic heterocycles. The van der Waals surface area contributed by atoms with Crippen molar-refractivity contribution in [2.75, 3.05) is 13.1 Å². The van der Waals surface area contributed by atoms with Gasteiger partial charge in [-0.15, -0.1) is 0 Å². The Labute approximate surface area is 151 Å². The van der Waals surface area contributed by atoms with E-state index in [1.54, 1.807) is 0 Å². The van der Waals surface area contributed by atoms with Crippen LogP contribution in [-0.4, -0.2) is 24.7 Å². The van der Waals surface area contributed by atoms with Crippen molar-refractivity contribution < 1.29 is 9.53 Å². The normalized spacial score (nSPS) is 34.3. The summed E-state index contributed by atoms with van der Waals surface area (Å²) in [5, 5.41) is 3.47. The van der Waals surface area contributed by atoms with Crippen molar-refractivity contribution in [3.05, 3.63) is 35.9 Å². The van der Waals surface area contributed by atoms with Gasteiger partial charge in [0.1, 0.15) is 5.60 Å². The Balaban J connectivity index is 1.58. The first-order chi connectivity index (χ1) is 12.1. The zero-order valence-electron chi connectivity index (χ0n) is 15.4. The van der Waals surface area contributed by atoms with E-state index >= 15 is 0 Å². The van der Waals surface area contributed by atoms with E-state index in [2.05, 4.69) is 36.5 Å². The average molecular weight is 341 g/mol. The van der Waals surface area contributed by atoms with E-state index in [1.807, 2.05) is 6.07 Å². The van der Waals surface area contributed by atoms with Crippen molar-refractivity contribution in [2.45, 2.75) is 69.3 Å². The molecule has 136 valence electrons. The highest BCUT2D eigenvalue weighted by atomic mass is 16.6. The first-order valence-corrected chi connectivity index (χ1v) is 10.1. The highest BCUT2D eigenvalue weighted by Gasteiger charge is 2.56. The summed E-state index contributed by atoms with van der Waals surface area (Å²) in [4.78, 5) is 13.5. The van der Waals surface area contributed by atoms with E-state index < -0.39 is 5.41 Å². The van der Waals surface area contributed by atoms with Gasteiger partial charge in [-0.25, -0.2) is 0 Å². The first kappa shape index (κ1) is 17.1. The molecule has 2 saturated carbocycles. The molecule has 4 rings (SSSR count). The van der Waals surface area contributed by atoms with E-state index in [-0.39, 0.29) is 11.6 Å². The molecule has 0 bridgehead atoms. The van der Waals surface area contributed by atoms with Crippen LogP contribution in [0.3, 0.4) is 0 Å². The number of fused-ring (bicyclic) bond motifs is 1. The second-order valence-electron chi connectivity index (χ2n) is 8.63. The summed E-state index contributed by atoms with van der Waals surface area (Å²) in [5.41, 5.74) is 0.475. The quantitative estimate of drug-likeness (QED) is 0.661. The smallest absolute Gasteiger partial charge is 0.317 e. The van der Waals surface area contributed by atoms with Gasteiger partial charge in [-0.05, 0) is 57.2 Å². The molecule has 3 fully saturated rings. The Morgan fingerprint density at radius 1 is 1.12 bits per heavy atom. The second-order valence-corrected chi connectivity index (χ2v) is 8.63. The fraction of sp³-hybridized carbons (Fsp3) is 0.682. The minimum atomic E-state index is -0.432. The Kier molecular flexibility index (Phi) is 4.61. The predicted molar refractivity (Wildman–Crippen MR) is 99.4 cm³/mol. The molecule has 1 aromatic carbocycles. The number of hydrogen-bond acceptors (Lipinski definition) is 3. The zero-order valence-corrected chi connectivity index (χ0v) is 15.4. The van der Waals surface area contributed by atoms with Gasteiger partial charge in [-0.2, -0.15) is 0 Å². The first-order valence-electron chi connectivity index (χ1n) is 10.1. The minimum Gasteiger partial charge on any atom is -0.458 e. The molecule has 1 aromatic rings. The molecule has 25 heavy (non-hydrogen) atoms. The van der Waals surface area contributed by atoms with Gasteiger partial charge in [-0.3, -0.25) is 4.79 Å². The molecular formula is C22H31NO2. The maximum atomic E-state index is 13.5. The Bertz CT molecular complexity index is 606. The number of carbonyl (C=O) groups excluding carboxylic acids is 1. The number of rotatable bonds is 3. The van der Waals surface area contributed by atoms with Crippen LogP contribution in [-0.2, 0) is 14.9 Å². The molecule has 1 aliphatic heterocycles. The summed E-state index contributed by atoms with van der Waals surface area (Å²) in [5.74, 6) is 1.27. The van der Waals surface area contributed by atoms with E-state index in [0.29, 0.717) is 11.8 Å². The van der Waals surface area contributed by atoms with Crippen LogP contribution in [0, 0.1) is 11.8 Å². The highest BCUT2D eigenvalue weighted by Crippen LogP contribution is 2.51. The monoisotopic (exact) mass is 341 g/mol. The van der Waals surface area contributed by atoms with Crippen LogP contribution in [0.4, 0.5) is 0 Å². The molecule has 2 aliphatic carbocycles. The van der Waals surface area contributed by atoms with Gasteiger partial charge in [0.2, 0.25) is 0 Å². The van der Waals surface area contributed by atoms with Crippen LogP contribution >= 0.6 is 0 Å². The van der Waals surface area contributed by atoms with Crippen LogP contribution in [0.15, 0.2) is 30.3 Å². The summed E-state index contributed by atoms with van der Waals surface area (Å²) in [6, 6.07) is 10.4. The Hall–Kier alpha value is -1.35. The minimum absolute atomic E-state index is 0.0417. The molecule has 1 saturated heterocycles. The Morgan fingerprint density at radius 2 is 1.84 bits per heavy atom. The number of hydrogen-bond donors (Lipinski definition) is 1. The van der Waals surface area contributed by atoms with E-state index in [1.165, 1.54) is 12.8 Å². The van der Waals surface area contributed by atoms with Gasteiger partial charge < -0.3 is 10.1 Å². The largest absolute Gasteiger partial charge is 0.458 e. The lowest BCUT2D eigenvalue weighted by molar-refractivity contribution is -0.201. The summed E-state index contributed by atoms with van der Waals surface area (Å²) >= 11 is 0. The highest BCUT2D eigenvalue weighted by molar-refractivity contribution is 5.83. The molecule has 3 aliphatic rings. The third-order valence-corrected chi connectivity index (χ3v) is 7.06. The van der Waals surface area contributed by atoms with Gasteiger partial charge in [-0.1, -0.05) is 56.0 Å². The maximum absolute atomic E-state index is 13.5. The topological polar surface area (TPSA) is 38.3 Å². The van der Waals surface area contributed by atoms with Crippen LogP contribution in [0.1, 0.15) is 63.9 Å². The summed E-state index contributed by atoms with van der Waals surface area (Å²) in [6.45, 7) is 4.31. The number of nitrogens with one attached hydrogen (secondary N) is 1.